The molecule has 0 unspecified atom stereocenters. The molecule has 0 amide bonds. The zero-order chi connectivity index (χ0) is 14.4. The van der Waals surface area contributed by atoms with Gasteiger partial charge >= 0.3 is 0 Å². The number of hydrogen-bond acceptors (Lipinski definition) is 3. The van der Waals surface area contributed by atoms with E-state index in [1.54, 1.807) is 7.11 Å². The van der Waals surface area contributed by atoms with E-state index in [-0.39, 0.29) is 5.54 Å². The molecular weight excluding hydrogens is 268 g/mol. The van der Waals surface area contributed by atoms with Crippen LogP contribution in [-0.2, 0) is 6.42 Å². The first-order valence-corrected chi connectivity index (χ1v) is 8.28. The van der Waals surface area contributed by atoms with Crippen LogP contribution in [0.2, 0.25) is 0 Å². The van der Waals surface area contributed by atoms with Crippen LogP contribution in [0.3, 0.4) is 0 Å². The zero-order valence-electron chi connectivity index (χ0n) is 12.6. The number of benzene rings is 1. The van der Waals surface area contributed by atoms with Gasteiger partial charge < -0.3 is 10.1 Å². The van der Waals surface area contributed by atoms with Crippen molar-refractivity contribution >= 4 is 16.9 Å². The van der Waals surface area contributed by atoms with Crippen LogP contribution in [0, 0.1) is 0 Å². The maximum absolute atomic E-state index is 5.24. The fraction of sp³-hybridized carbons (Fsp3) is 0.562. The Hall–Kier alpha value is -1.16. The van der Waals surface area contributed by atoms with Crippen LogP contribution in [0.4, 0.5) is 0 Å². The van der Waals surface area contributed by atoms with E-state index in [1.807, 2.05) is 23.9 Å². The van der Waals surface area contributed by atoms with E-state index in [9.17, 15) is 0 Å². The van der Waals surface area contributed by atoms with Crippen molar-refractivity contribution in [3.05, 3.63) is 29.8 Å². The van der Waals surface area contributed by atoms with Gasteiger partial charge in [-0.15, -0.1) is 0 Å². The fourth-order valence-electron chi connectivity index (χ4n) is 2.34. The van der Waals surface area contributed by atoms with E-state index in [2.05, 4.69) is 31.3 Å². The minimum atomic E-state index is 0.263. The molecule has 1 aliphatic rings. The topological polar surface area (TPSA) is 33.6 Å². The Bertz CT molecular complexity index is 469. The second kappa shape index (κ2) is 7.02. The first-order chi connectivity index (χ1) is 9.71. The summed E-state index contributed by atoms with van der Waals surface area (Å²) < 4.78 is 5.24. The number of nitrogens with zero attached hydrogens (tertiary/aromatic N) is 1. The highest BCUT2D eigenvalue weighted by Crippen LogP contribution is 2.28. The molecule has 1 aromatic rings. The van der Waals surface area contributed by atoms with Crippen molar-refractivity contribution in [3.63, 3.8) is 0 Å². The Morgan fingerprint density at radius 3 is 2.80 bits per heavy atom. The number of ether oxygens (including phenoxy) is 1. The normalized spacial score (nSPS) is 19.1. The highest BCUT2D eigenvalue weighted by atomic mass is 32.2. The summed E-state index contributed by atoms with van der Waals surface area (Å²) in [6.45, 7) is 5.32. The van der Waals surface area contributed by atoms with Gasteiger partial charge in [0.05, 0.1) is 7.11 Å². The molecule has 0 aliphatic carbocycles. The van der Waals surface area contributed by atoms with Gasteiger partial charge in [0.2, 0.25) is 0 Å². The summed E-state index contributed by atoms with van der Waals surface area (Å²) in [5.41, 5.74) is 1.54. The first-order valence-electron chi connectivity index (χ1n) is 7.29. The van der Waals surface area contributed by atoms with Gasteiger partial charge in [-0.05, 0) is 37.0 Å². The van der Waals surface area contributed by atoms with Crippen LogP contribution >= 0.6 is 11.8 Å². The summed E-state index contributed by atoms with van der Waals surface area (Å²) >= 11 is 1.86. The van der Waals surface area contributed by atoms with Crippen LogP contribution in [0.5, 0.6) is 5.75 Å². The first kappa shape index (κ1) is 15.2. The third kappa shape index (κ3) is 3.69. The Morgan fingerprint density at radius 1 is 1.35 bits per heavy atom. The van der Waals surface area contributed by atoms with Crippen LogP contribution in [0.15, 0.2) is 29.3 Å². The van der Waals surface area contributed by atoms with E-state index in [0.29, 0.717) is 0 Å². The van der Waals surface area contributed by atoms with Gasteiger partial charge in [0.15, 0.2) is 5.17 Å². The number of nitrogens with one attached hydrogen (secondary N) is 1. The van der Waals surface area contributed by atoms with Crippen molar-refractivity contribution < 1.29 is 4.74 Å². The van der Waals surface area contributed by atoms with E-state index in [1.165, 1.54) is 5.56 Å². The molecule has 1 heterocycles. The molecule has 1 aliphatic heterocycles. The highest BCUT2D eigenvalue weighted by Gasteiger charge is 2.33. The van der Waals surface area contributed by atoms with Gasteiger partial charge in [0.25, 0.3) is 0 Å². The molecule has 4 heteroatoms. The summed E-state index contributed by atoms with van der Waals surface area (Å²) in [4.78, 5) is 4.69. The lowest BCUT2D eigenvalue weighted by atomic mass is 9.96. The number of amidine groups is 1. The largest absolute Gasteiger partial charge is 0.497 e. The molecule has 3 nitrogen and oxygen atoms in total. The van der Waals surface area contributed by atoms with Crippen LogP contribution in [0.25, 0.3) is 0 Å². The average Bonchev–Trinajstić information content (AvgIpc) is 2.92. The summed E-state index contributed by atoms with van der Waals surface area (Å²) in [7, 11) is 1.70. The number of aliphatic imine (C=N–C) groups is 1. The lowest BCUT2D eigenvalue weighted by molar-refractivity contribution is 0.407. The maximum Gasteiger partial charge on any atom is 0.157 e. The standard InChI is InChI=1S/C16H24N2OS/c1-4-16(5-2)12-20-15(18-16)17-10-9-13-7-6-8-14(11-13)19-3/h6-8,11H,4-5,9-10,12H2,1-3H3,(H,17,18). The van der Waals surface area contributed by atoms with Crippen molar-refractivity contribution in [2.45, 2.75) is 38.6 Å². The summed E-state index contributed by atoms with van der Waals surface area (Å²) in [6.07, 6.45) is 3.27. The molecule has 1 saturated heterocycles. The smallest absolute Gasteiger partial charge is 0.157 e. The van der Waals surface area contributed by atoms with Crippen molar-refractivity contribution in [1.82, 2.24) is 5.32 Å². The summed E-state index contributed by atoms with van der Waals surface area (Å²) in [5.74, 6) is 2.05. The van der Waals surface area contributed by atoms with Gasteiger partial charge in [-0.25, -0.2) is 0 Å². The molecule has 20 heavy (non-hydrogen) atoms. The minimum absolute atomic E-state index is 0.263. The Labute approximate surface area is 126 Å². The Kier molecular flexibility index (Phi) is 5.35. The van der Waals surface area contributed by atoms with Crippen LogP contribution in [0.1, 0.15) is 32.3 Å². The Morgan fingerprint density at radius 2 is 2.15 bits per heavy atom. The molecule has 0 radical (unpaired) electrons. The predicted molar refractivity (Wildman–Crippen MR) is 87.9 cm³/mol. The van der Waals surface area contributed by atoms with Crippen molar-refractivity contribution in [3.8, 4) is 5.75 Å². The Balaban J connectivity index is 1.88. The highest BCUT2D eigenvalue weighted by molar-refractivity contribution is 8.14. The zero-order valence-corrected chi connectivity index (χ0v) is 13.4. The molecule has 110 valence electrons. The minimum Gasteiger partial charge on any atom is -0.497 e. The lowest BCUT2D eigenvalue weighted by Crippen LogP contribution is -2.42. The molecule has 0 spiro atoms. The predicted octanol–water partition coefficient (Wildman–Crippen LogP) is 3.49. The maximum atomic E-state index is 5.24. The SMILES string of the molecule is CCC1(CC)CSC(=NCCc2cccc(OC)c2)N1. The van der Waals surface area contributed by atoms with Crippen molar-refractivity contribution in [2.24, 2.45) is 4.99 Å². The molecule has 0 bridgehead atoms. The summed E-state index contributed by atoms with van der Waals surface area (Å²) in [6, 6.07) is 8.21. The van der Waals surface area contributed by atoms with Gasteiger partial charge in [-0.1, -0.05) is 37.7 Å². The number of methoxy groups -OCH3 is 1. The molecule has 0 aromatic heterocycles. The van der Waals surface area contributed by atoms with E-state index in [0.717, 1.165) is 42.5 Å². The van der Waals surface area contributed by atoms with Crippen molar-refractivity contribution in [1.29, 1.82) is 0 Å². The number of hydrogen-bond donors (Lipinski definition) is 1. The third-order valence-electron chi connectivity index (χ3n) is 4.00. The van der Waals surface area contributed by atoms with E-state index < -0.39 is 0 Å². The van der Waals surface area contributed by atoms with Gasteiger partial charge in [0.1, 0.15) is 5.75 Å². The lowest BCUT2D eigenvalue weighted by Gasteiger charge is -2.25. The van der Waals surface area contributed by atoms with E-state index >= 15 is 0 Å². The van der Waals surface area contributed by atoms with Crippen molar-refractivity contribution in [2.75, 3.05) is 19.4 Å². The van der Waals surface area contributed by atoms with Gasteiger partial charge in [-0.2, -0.15) is 0 Å². The quantitative estimate of drug-likeness (QED) is 0.871. The molecule has 0 atom stereocenters. The summed E-state index contributed by atoms with van der Waals surface area (Å²) in [5, 5.41) is 4.71. The number of rotatable bonds is 6. The molecule has 1 aromatic carbocycles. The van der Waals surface area contributed by atoms with Crippen LogP contribution < -0.4 is 10.1 Å². The number of thioether (sulfide) groups is 1. The van der Waals surface area contributed by atoms with E-state index in [4.69, 9.17) is 9.73 Å². The second-order valence-electron chi connectivity index (χ2n) is 5.19. The second-order valence-corrected chi connectivity index (χ2v) is 6.15. The average molecular weight is 292 g/mol. The molecule has 2 rings (SSSR count). The molecule has 1 N–H and O–H groups in total. The molecule has 1 fully saturated rings. The monoisotopic (exact) mass is 292 g/mol. The molecule has 0 saturated carbocycles. The third-order valence-corrected chi connectivity index (χ3v) is 5.20. The van der Waals surface area contributed by atoms with Gasteiger partial charge in [-0.3, -0.25) is 4.99 Å². The van der Waals surface area contributed by atoms with Gasteiger partial charge in [0, 0.05) is 17.8 Å². The molecular formula is C16H24N2OS. The van der Waals surface area contributed by atoms with Crippen LogP contribution in [-0.4, -0.2) is 30.1 Å². The fourth-order valence-corrected chi connectivity index (χ4v) is 3.70.